The van der Waals surface area contributed by atoms with Gasteiger partial charge in [-0.15, -0.1) is 0 Å². The fourth-order valence-electron chi connectivity index (χ4n) is 2.66. The summed E-state index contributed by atoms with van der Waals surface area (Å²) in [6.07, 6.45) is 4.68. The normalized spacial score (nSPS) is 18.6. The van der Waals surface area contributed by atoms with E-state index in [4.69, 9.17) is 9.47 Å². The van der Waals surface area contributed by atoms with Gasteiger partial charge in [-0.1, -0.05) is 6.07 Å². The van der Waals surface area contributed by atoms with E-state index in [1.54, 1.807) is 6.20 Å². The van der Waals surface area contributed by atoms with Gasteiger partial charge in [-0.3, -0.25) is 0 Å². The maximum absolute atomic E-state index is 12.1. The van der Waals surface area contributed by atoms with Crippen molar-refractivity contribution in [3.8, 4) is 5.88 Å². The first kappa shape index (κ1) is 17.6. The van der Waals surface area contributed by atoms with Gasteiger partial charge < -0.3 is 14.4 Å². The number of carbonyl (C=O) groups excluding carboxylic acids is 1. The molecule has 1 aliphatic rings. The highest BCUT2D eigenvalue weighted by molar-refractivity contribution is 5.68. The van der Waals surface area contributed by atoms with Gasteiger partial charge in [0.1, 0.15) is 5.60 Å². The fraction of sp³-hybridized carbons (Fsp3) is 0.667. The van der Waals surface area contributed by atoms with Crippen LogP contribution in [0.2, 0.25) is 0 Å². The van der Waals surface area contributed by atoms with Crippen LogP contribution in [-0.2, 0) is 4.74 Å². The highest BCUT2D eigenvalue weighted by Crippen LogP contribution is 2.22. The lowest BCUT2D eigenvalue weighted by Gasteiger charge is -2.34. The average molecular weight is 320 g/mol. The highest BCUT2D eigenvalue weighted by atomic mass is 16.6. The Bertz CT molecular complexity index is 508. The van der Waals surface area contributed by atoms with Crippen LogP contribution in [0, 0.1) is 12.8 Å². The Morgan fingerprint density at radius 1 is 1.39 bits per heavy atom. The molecule has 1 saturated heterocycles. The topological polar surface area (TPSA) is 51.7 Å². The van der Waals surface area contributed by atoms with Crippen molar-refractivity contribution in [2.45, 2.75) is 52.6 Å². The predicted octanol–water partition coefficient (Wildman–Crippen LogP) is 3.81. The molecule has 1 aliphatic heterocycles. The second-order valence-electron chi connectivity index (χ2n) is 7.25. The van der Waals surface area contributed by atoms with Crippen LogP contribution in [0.4, 0.5) is 4.79 Å². The molecule has 23 heavy (non-hydrogen) atoms. The molecule has 1 aromatic heterocycles. The molecule has 1 unspecified atom stereocenters. The Morgan fingerprint density at radius 2 is 2.17 bits per heavy atom. The van der Waals surface area contributed by atoms with E-state index in [9.17, 15) is 4.79 Å². The minimum Gasteiger partial charge on any atom is -0.478 e. The van der Waals surface area contributed by atoms with Crippen molar-refractivity contribution in [1.29, 1.82) is 0 Å². The molecule has 0 aliphatic carbocycles. The standard InChI is InChI=1S/C18H28N2O3/c1-14-7-8-16(19-12-14)22-11-9-15-6-5-10-20(13-15)17(21)23-18(2,3)4/h7-8,12,15H,5-6,9-11,13H2,1-4H3. The van der Waals surface area contributed by atoms with E-state index in [0.717, 1.165) is 37.9 Å². The van der Waals surface area contributed by atoms with Crippen molar-refractivity contribution in [3.63, 3.8) is 0 Å². The van der Waals surface area contributed by atoms with Gasteiger partial charge in [0.15, 0.2) is 0 Å². The SMILES string of the molecule is Cc1ccc(OCCC2CCCN(C(=O)OC(C)(C)C)C2)nc1. The van der Waals surface area contributed by atoms with E-state index in [0.29, 0.717) is 18.4 Å². The molecule has 5 nitrogen and oxygen atoms in total. The number of amides is 1. The van der Waals surface area contributed by atoms with Crippen molar-refractivity contribution in [2.75, 3.05) is 19.7 Å². The summed E-state index contributed by atoms with van der Waals surface area (Å²) in [5, 5.41) is 0. The summed E-state index contributed by atoms with van der Waals surface area (Å²) in [5.74, 6) is 1.12. The van der Waals surface area contributed by atoms with E-state index >= 15 is 0 Å². The van der Waals surface area contributed by atoms with Gasteiger partial charge in [0.2, 0.25) is 5.88 Å². The number of hydrogen-bond acceptors (Lipinski definition) is 4. The minimum atomic E-state index is -0.440. The van der Waals surface area contributed by atoms with Crippen LogP contribution in [0.5, 0.6) is 5.88 Å². The largest absolute Gasteiger partial charge is 0.478 e. The summed E-state index contributed by atoms with van der Waals surface area (Å²) >= 11 is 0. The first-order chi connectivity index (χ1) is 10.8. The molecule has 0 bridgehead atoms. The van der Waals surface area contributed by atoms with Crippen molar-refractivity contribution in [3.05, 3.63) is 23.9 Å². The molecule has 1 aromatic rings. The maximum atomic E-state index is 12.1. The smallest absolute Gasteiger partial charge is 0.410 e. The number of nitrogens with zero attached hydrogens (tertiary/aromatic N) is 2. The van der Waals surface area contributed by atoms with Crippen molar-refractivity contribution < 1.29 is 14.3 Å². The quantitative estimate of drug-likeness (QED) is 0.846. The summed E-state index contributed by atoms with van der Waals surface area (Å²) in [4.78, 5) is 18.2. The Balaban J connectivity index is 1.75. The van der Waals surface area contributed by atoms with E-state index in [1.165, 1.54) is 0 Å². The summed E-state index contributed by atoms with van der Waals surface area (Å²) in [6.45, 7) is 9.86. The number of aromatic nitrogens is 1. The number of carbonyl (C=O) groups is 1. The van der Waals surface area contributed by atoms with E-state index < -0.39 is 5.60 Å². The molecule has 0 N–H and O–H groups in total. The second-order valence-corrected chi connectivity index (χ2v) is 7.25. The van der Waals surface area contributed by atoms with Gasteiger partial charge in [0, 0.05) is 25.4 Å². The van der Waals surface area contributed by atoms with Crippen molar-refractivity contribution in [1.82, 2.24) is 9.88 Å². The zero-order valence-corrected chi connectivity index (χ0v) is 14.7. The molecular formula is C18H28N2O3. The summed E-state index contributed by atoms with van der Waals surface area (Å²) in [5.41, 5.74) is 0.683. The molecule has 2 heterocycles. The number of hydrogen-bond donors (Lipinski definition) is 0. The van der Waals surface area contributed by atoms with E-state index in [-0.39, 0.29) is 6.09 Å². The van der Waals surface area contributed by atoms with Gasteiger partial charge in [-0.25, -0.2) is 9.78 Å². The third-order valence-corrected chi connectivity index (χ3v) is 3.83. The molecule has 0 aromatic carbocycles. The highest BCUT2D eigenvalue weighted by Gasteiger charge is 2.27. The minimum absolute atomic E-state index is 0.205. The van der Waals surface area contributed by atoms with Crippen LogP contribution in [0.3, 0.4) is 0 Å². The molecule has 128 valence electrons. The molecule has 0 radical (unpaired) electrons. The number of likely N-dealkylation sites (tertiary alicyclic amines) is 1. The van der Waals surface area contributed by atoms with E-state index in [2.05, 4.69) is 4.98 Å². The van der Waals surface area contributed by atoms with Crippen molar-refractivity contribution >= 4 is 6.09 Å². The third kappa shape index (κ3) is 6.08. The Labute approximate surface area is 139 Å². The van der Waals surface area contributed by atoms with Crippen LogP contribution in [0.25, 0.3) is 0 Å². The first-order valence-corrected chi connectivity index (χ1v) is 8.37. The molecule has 1 fully saturated rings. The number of piperidine rings is 1. The monoisotopic (exact) mass is 320 g/mol. The zero-order valence-electron chi connectivity index (χ0n) is 14.7. The lowest BCUT2D eigenvalue weighted by Crippen LogP contribution is -2.43. The Morgan fingerprint density at radius 3 is 2.83 bits per heavy atom. The van der Waals surface area contributed by atoms with Crippen LogP contribution in [-0.4, -0.2) is 41.3 Å². The molecular weight excluding hydrogens is 292 g/mol. The van der Waals surface area contributed by atoms with Gasteiger partial charge in [-0.05, 0) is 58.4 Å². The van der Waals surface area contributed by atoms with Gasteiger partial charge in [0.25, 0.3) is 0 Å². The maximum Gasteiger partial charge on any atom is 0.410 e. The molecule has 5 heteroatoms. The lowest BCUT2D eigenvalue weighted by atomic mass is 9.95. The van der Waals surface area contributed by atoms with Crippen LogP contribution in [0.1, 0.15) is 45.6 Å². The number of ether oxygens (including phenoxy) is 2. The molecule has 0 saturated carbocycles. The zero-order chi connectivity index (χ0) is 16.9. The molecule has 0 spiro atoms. The van der Waals surface area contributed by atoms with E-state index in [1.807, 2.05) is 44.7 Å². The lowest BCUT2D eigenvalue weighted by molar-refractivity contribution is 0.0154. The Hall–Kier alpha value is -1.78. The predicted molar refractivity (Wildman–Crippen MR) is 89.6 cm³/mol. The third-order valence-electron chi connectivity index (χ3n) is 3.83. The number of pyridine rings is 1. The van der Waals surface area contributed by atoms with Crippen LogP contribution < -0.4 is 4.74 Å². The number of rotatable bonds is 4. The fourth-order valence-corrected chi connectivity index (χ4v) is 2.66. The van der Waals surface area contributed by atoms with Gasteiger partial charge >= 0.3 is 6.09 Å². The van der Waals surface area contributed by atoms with Crippen molar-refractivity contribution in [2.24, 2.45) is 5.92 Å². The molecule has 1 amide bonds. The van der Waals surface area contributed by atoms with Crippen LogP contribution in [0.15, 0.2) is 18.3 Å². The molecule has 1 atom stereocenters. The van der Waals surface area contributed by atoms with Crippen LogP contribution >= 0.6 is 0 Å². The molecule has 2 rings (SSSR count). The number of aryl methyl sites for hydroxylation is 1. The summed E-state index contributed by atoms with van der Waals surface area (Å²) < 4.78 is 11.2. The van der Waals surface area contributed by atoms with Gasteiger partial charge in [-0.2, -0.15) is 0 Å². The van der Waals surface area contributed by atoms with Gasteiger partial charge in [0.05, 0.1) is 6.61 Å². The first-order valence-electron chi connectivity index (χ1n) is 8.37. The Kier molecular flexibility index (Phi) is 5.85. The average Bonchev–Trinajstić information content (AvgIpc) is 2.48. The summed E-state index contributed by atoms with van der Waals surface area (Å²) in [6, 6.07) is 3.89. The second kappa shape index (κ2) is 7.66. The summed E-state index contributed by atoms with van der Waals surface area (Å²) in [7, 11) is 0.